The maximum Gasteiger partial charge on any atom is 0.334 e. The van der Waals surface area contributed by atoms with Crippen molar-refractivity contribution in [2.45, 2.75) is 6.10 Å². The lowest BCUT2D eigenvalue weighted by molar-refractivity contribution is -0.147. The molecule has 0 bridgehead atoms. The summed E-state index contributed by atoms with van der Waals surface area (Å²) in [5, 5.41) is 15.8. The molecule has 2 aromatic rings. The molecule has 2 aromatic heterocycles. The summed E-state index contributed by atoms with van der Waals surface area (Å²) in [5.41, 5.74) is 0.785. The summed E-state index contributed by atoms with van der Waals surface area (Å²) in [6.07, 6.45) is 4.05. The molecule has 1 unspecified atom stereocenters. The number of aromatic nitrogens is 3. The fourth-order valence-corrected chi connectivity index (χ4v) is 1.45. The third kappa shape index (κ3) is 2.34. The summed E-state index contributed by atoms with van der Waals surface area (Å²) < 4.78 is 6.47. The largest absolute Gasteiger partial charge is 0.479 e. The third-order valence-corrected chi connectivity index (χ3v) is 2.34. The zero-order valence-corrected chi connectivity index (χ0v) is 9.20. The van der Waals surface area contributed by atoms with Gasteiger partial charge in [-0.05, 0) is 6.07 Å². The van der Waals surface area contributed by atoms with E-state index in [4.69, 9.17) is 9.84 Å². The van der Waals surface area contributed by atoms with Crippen LogP contribution < -0.4 is 5.32 Å². The molecule has 0 fully saturated rings. The molecule has 1 atom stereocenters. The number of rotatable bonds is 5. The zero-order chi connectivity index (χ0) is 12.3. The third-order valence-electron chi connectivity index (χ3n) is 2.34. The highest BCUT2D eigenvalue weighted by Gasteiger charge is 2.16. The van der Waals surface area contributed by atoms with Crippen molar-refractivity contribution in [3.05, 3.63) is 24.7 Å². The molecule has 0 saturated carbocycles. The number of aliphatic carboxylic acids is 1. The number of anilines is 1. The van der Waals surface area contributed by atoms with Crippen LogP contribution >= 0.6 is 0 Å². The number of methoxy groups -OCH3 is 1. The predicted molar refractivity (Wildman–Crippen MR) is 59.9 cm³/mol. The van der Waals surface area contributed by atoms with Gasteiger partial charge in [-0.3, -0.25) is 0 Å². The normalized spacial score (nSPS) is 12.5. The van der Waals surface area contributed by atoms with E-state index < -0.39 is 12.1 Å². The van der Waals surface area contributed by atoms with Crippen molar-refractivity contribution in [1.29, 1.82) is 0 Å². The van der Waals surface area contributed by atoms with Crippen LogP contribution in [0.15, 0.2) is 24.7 Å². The van der Waals surface area contributed by atoms with E-state index in [9.17, 15) is 4.79 Å². The number of fused-ring (bicyclic) bond motifs is 1. The number of hydrogen-bond donors (Lipinski definition) is 2. The molecule has 0 radical (unpaired) electrons. The maximum absolute atomic E-state index is 10.8. The van der Waals surface area contributed by atoms with E-state index in [1.54, 1.807) is 29.2 Å². The van der Waals surface area contributed by atoms with E-state index in [1.807, 2.05) is 0 Å². The van der Waals surface area contributed by atoms with E-state index in [-0.39, 0.29) is 6.54 Å². The fourth-order valence-electron chi connectivity index (χ4n) is 1.45. The van der Waals surface area contributed by atoms with Crippen LogP contribution in [0, 0.1) is 0 Å². The van der Waals surface area contributed by atoms with Gasteiger partial charge in [-0.25, -0.2) is 14.3 Å². The Balaban J connectivity index is 2.13. The molecule has 17 heavy (non-hydrogen) atoms. The van der Waals surface area contributed by atoms with Crippen LogP contribution in [-0.2, 0) is 9.53 Å². The zero-order valence-electron chi connectivity index (χ0n) is 9.20. The van der Waals surface area contributed by atoms with Crippen LogP contribution in [0.5, 0.6) is 0 Å². The Bertz CT molecular complexity index is 525. The summed E-state index contributed by atoms with van der Waals surface area (Å²) in [7, 11) is 1.35. The van der Waals surface area contributed by atoms with Crippen molar-refractivity contribution in [2.24, 2.45) is 0 Å². The van der Waals surface area contributed by atoms with E-state index >= 15 is 0 Å². The number of carboxylic acid groups (broad SMARTS) is 1. The lowest BCUT2D eigenvalue weighted by Crippen LogP contribution is -2.30. The number of hydrogen-bond acceptors (Lipinski definition) is 5. The van der Waals surface area contributed by atoms with Gasteiger partial charge in [0.2, 0.25) is 0 Å². The van der Waals surface area contributed by atoms with Crippen molar-refractivity contribution in [3.63, 3.8) is 0 Å². The predicted octanol–water partition coefficient (Wildman–Crippen LogP) is 0.241. The van der Waals surface area contributed by atoms with Crippen molar-refractivity contribution in [2.75, 3.05) is 19.0 Å². The van der Waals surface area contributed by atoms with Gasteiger partial charge in [-0.1, -0.05) is 0 Å². The minimum atomic E-state index is -1.01. The Morgan fingerprint density at radius 3 is 3.18 bits per heavy atom. The highest BCUT2D eigenvalue weighted by atomic mass is 16.5. The number of nitrogens with one attached hydrogen (secondary N) is 1. The minimum Gasteiger partial charge on any atom is -0.479 e. The summed E-state index contributed by atoms with van der Waals surface area (Å²) in [6, 6.07) is 1.79. The number of ether oxygens (including phenoxy) is 1. The van der Waals surface area contributed by atoms with Crippen LogP contribution in [0.2, 0.25) is 0 Å². The molecule has 0 amide bonds. The molecule has 0 saturated heterocycles. The van der Waals surface area contributed by atoms with Crippen molar-refractivity contribution in [3.8, 4) is 0 Å². The first kappa shape index (κ1) is 11.3. The van der Waals surface area contributed by atoms with Gasteiger partial charge >= 0.3 is 5.97 Å². The molecule has 2 rings (SSSR count). The molecular formula is C10H12N4O3. The highest BCUT2D eigenvalue weighted by molar-refractivity contribution is 5.74. The molecule has 0 aliphatic heterocycles. The number of nitrogens with zero attached hydrogens (tertiary/aromatic N) is 3. The van der Waals surface area contributed by atoms with Gasteiger partial charge in [-0.15, -0.1) is 0 Å². The fraction of sp³-hybridized carbons (Fsp3) is 0.300. The molecule has 0 aliphatic carbocycles. The second-order valence-corrected chi connectivity index (χ2v) is 3.38. The summed E-state index contributed by atoms with van der Waals surface area (Å²) in [6.45, 7) is 0.143. The van der Waals surface area contributed by atoms with Gasteiger partial charge in [-0.2, -0.15) is 5.10 Å². The SMILES string of the molecule is COC(CNc1nccn2nccc12)C(=O)O. The van der Waals surface area contributed by atoms with Crippen molar-refractivity contribution in [1.82, 2.24) is 14.6 Å². The Hall–Kier alpha value is -2.15. The maximum atomic E-state index is 10.8. The molecule has 0 aromatic carbocycles. The lowest BCUT2D eigenvalue weighted by Gasteiger charge is -2.12. The second-order valence-electron chi connectivity index (χ2n) is 3.38. The Kier molecular flexibility index (Phi) is 3.20. The van der Waals surface area contributed by atoms with Gasteiger partial charge in [0, 0.05) is 19.5 Å². The van der Waals surface area contributed by atoms with E-state index in [0.29, 0.717) is 5.82 Å². The second kappa shape index (κ2) is 4.79. The lowest BCUT2D eigenvalue weighted by atomic mass is 10.3. The van der Waals surface area contributed by atoms with Crippen LogP contribution in [0.4, 0.5) is 5.82 Å². The van der Waals surface area contributed by atoms with E-state index in [0.717, 1.165) is 5.52 Å². The van der Waals surface area contributed by atoms with Crippen LogP contribution in [0.1, 0.15) is 0 Å². The molecule has 2 N–H and O–H groups in total. The molecule has 7 heteroatoms. The van der Waals surface area contributed by atoms with Crippen molar-refractivity contribution < 1.29 is 14.6 Å². The Morgan fingerprint density at radius 2 is 2.47 bits per heavy atom. The quantitative estimate of drug-likeness (QED) is 0.773. The first-order valence-corrected chi connectivity index (χ1v) is 5.00. The van der Waals surface area contributed by atoms with E-state index in [1.165, 1.54) is 7.11 Å². The van der Waals surface area contributed by atoms with E-state index in [2.05, 4.69) is 15.4 Å². The highest BCUT2D eigenvalue weighted by Crippen LogP contribution is 2.12. The molecule has 7 nitrogen and oxygen atoms in total. The van der Waals surface area contributed by atoms with Gasteiger partial charge in [0.25, 0.3) is 0 Å². The van der Waals surface area contributed by atoms with Gasteiger partial charge < -0.3 is 15.2 Å². The summed E-state index contributed by atoms with van der Waals surface area (Å²) >= 11 is 0. The average molecular weight is 236 g/mol. The molecule has 0 spiro atoms. The summed E-state index contributed by atoms with van der Waals surface area (Å²) in [4.78, 5) is 14.9. The van der Waals surface area contributed by atoms with Crippen LogP contribution in [0.3, 0.4) is 0 Å². The molecule has 0 aliphatic rings. The topological polar surface area (TPSA) is 88.8 Å². The molecule has 90 valence electrons. The minimum absolute atomic E-state index is 0.143. The molecule has 2 heterocycles. The van der Waals surface area contributed by atoms with Crippen molar-refractivity contribution >= 4 is 17.3 Å². The first-order valence-electron chi connectivity index (χ1n) is 5.00. The standard InChI is InChI=1S/C10H12N4O3/c1-17-8(10(15)16)6-12-9-7-2-3-13-14(7)5-4-11-9/h2-5,8H,6H2,1H3,(H,11,12)(H,15,16). The van der Waals surface area contributed by atoms with Gasteiger partial charge in [0.15, 0.2) is 11.9 Å². The average Bonchev–Trinajstić information content (AvgIpc) is 2.78. The van der Waals surface area contributed by atoms with Crippen LogP contribution in [0.25, 0.3) is 5.52 Å². The summed E-state index contributed by atoms with van der Waals surface area (Å²) in [5.74, 6) is -0.436. The molecular weight excluding hydrogens is 224 g/mol. The van der Waals surface area contributed by atoms with Gasteiger partial charge in [0.1, 0.15) is 5.52 Å². The smallest absolute Gasteiger partial charge is 0.334 e. The monoisotopic (exact) mass is 236 g/mol. The van der Waals surface area contributed by atoms with Gasteiger partial charge in [0.05, 0.1) is 12.7 Å². The van der Waals surface area contributed by atoms with Crippen LogP contribution in [-0.4, -0.2) is 45.4 Å². The number of carboxylic acids is 1. The Labute approximate surface area is 97.0 Å². The Morgan fingerprint density at radius 1 is 1.65 bits per heavy atom. The number of carbonyl (C=O) groups is 1. The first-order chi connectivity index (χ1) is 8.22.